The smallest absolute Gasteiger partial charge is 0.324 e. The summed E-state index contributed by atoms with van der Waals surface area (Å²) in [5.41, 5.74) is 5.42. The lowest BCUT2D eigenvalue weighted by molar-refractivity contribution is -0.145. The predicted molar refractivity (Wildman–Crippen MR) is 75.1 cm³/mol. The van der Waals surface area contributed by atoms with Gasteiger partial charge >= 0.3 is 11.9 Å². The van der Waals surface area contributed by atoms with Crippen LogP contribution in [0.25, 0.3) is 0 Å². The second kappa shape index (κ2) is 5.73. The van der Waals surface area contributed by atoms with Crippen LogP contribution in [0.2, 0.25) is 0 Å². The molecule has 1 aliphatic rings. The molecule has 0 saturated heterocycles. The third-order valence-electron chi connectivity index (χ3n) is 4.13. The Bertz CT molecular complexity index is 559. The zero-order valence-corrected chi connectivity index (χ0v) is 11.8. The molecular formula is C15H19NO5. The van der Waals surface area contributed by atoms with Crippen molar-refractivity contribution >= 4 is 11.9 Å². The molecule has 0 amide bonds. The van der Waals surface area contributed by atoms with Gasteiger partial charge in [-0.25, -0.2) is 0 Å². The minimum absolute atomic E-state index is 0.198. The van der Waals surface area contributed by atoms with Crippen molar-refractivity contribution in [3.05, 3.63) is 29.8 Å². The van der Waals surface area contributed by atoms with Gasteiger partial charge in [0.2, 0.25) is 0 Å². The van der Waals surface area contributed by atoms with Crippen LogP contribution in [0.4, 0.5) is 0 Å². The molecule has 0 heterocycles. The molecule has 1 saturated carbocycles. The zero-order valence-electron chi connectivity index (χ0n) is 11.8. The van der Waals surface area contributed by atoms with Crippen molar-refractivity contribution < 1.29 is 24.5 Å². The minimum atomic E-state index is -1.49. The molecule has 0 spiro atoms. The molecule has 1 fully saturated rings. The average Bonchev–Trinajstić information content (AvgIpc) is 3.26. The molecule has 21 heavy (non-hydrogen) atoms. The Kier molecular flexibility index (Phi) is 4.18. The van der Waals surface area contributed by atoms with Gasteiger partial charge in [0.1, 0.15) is 11.3 Å². The van der Waals surface area contributed by atoms with E-state index in [1.807, 2.05) is 18.2 Å². The Labute approximate surface area is 122 Å². The van der Waals surface area contributed by atoms with Gasteiger partial charge in [0.15, 0.2) is 0 Å². The molecule has 0 aromatic heterocycles. The minimum Gasteiger partial charge on any atom is -0.497 e. The molecule has 3 atom stereocenters. The molecule has 6 heteroatoms. The quantitative estimate of drug-likeness (QED) is 0.695. The Morgan fingerprint density at radius 3 is 2.67 bits per heavy atom. The summed E-state index contributed by atoms with van der Waals surface area (Å²) in [6.45, 7) is 0. The van der Waals surface area contributed by atoms with E-state index in [9.17, 15) is 14.7 Å². The van der Waals surface area contributed by atoms with Crippen molar-refractivity contribution in [2.75, 3.05) is 7.11 Å². The first-order chi connectivity index (χ1) is 9.88. The summed E-state index contributed by atoms with van der Waals surface area (Å²) in [7, 11) is 1.56. The number of benzene rings is 1. The number of carbonyl (C=O) groups is 2. The van der Waals surface area contributed by atoms with Crippen molar-refractivity contribution in [2.24, 2.45) is 17.6 Å². The van der Waals surface area contributed by atoms with E-state index < -0.39 is 29.3 Å². The molecule has 0 aliphatic heterocycles. The monoisotopic (exact) mass is 293 g/mol. The van der Waals surface area contributed by atoms with Crippen LogP contribution in [0, 0.1) is 11.8 Å². The maximum atomic E-state index is 11.5. The van der Waals surface area contributed by atoms with E-state index in [1.165, 1.54) is 0 Å². The molecule has 1 aromatic rings. The first kappa shape index (κ1) is 15.3. The highest BCUT2D eigenvalue weighted by molar-refractivity contribution is 5.83. The van der Waals surface area contributed by atoms with E-state index in [-0.39, 0.29) is 6.42 Å². The number of aryl methyl sites for hydroxylation is 1. The highest BCUT2D eigenvalue weighted by Gasteiger charge is 2.57. The maximum Gasteiger partial charge on any atom is 0.324 e. The maximum absolute atomic E-state index is 11.5. The SMILES string of the molecule is COc1cccc(CCC(N)(C(=O)O)[C@H]2C[C@@H]2C(=O)O)c1. The van der Waals surface area contributed by atoms with Gasteiger partial charge in [-0.05, 0) is 37.0 Å². The molecule has 0 bridgehead atoms. The van der Waals surface area contributed by atoms with Crippen LogP contribution in [0.15, 0.2) is 24.3 Å². The Morgan fingerprint density at radius 2 is 2.14 bits per heavy atom. The van der Waals surface area contributed by atoms with E-state index in [2.05, 4.69) is 0 Å². The third-order valence-corrected chi connectivity index (χ3v) is 4.13. The van der Waals surface area contributed by atoms with Crippen molar-refractivity contribution in [3.8, 4) is 5.75 Å². The molecule has 1 aliphatic carbocycles. The fourth-order valence-corrected chi connectivity index (χ4v) is 2.67. The topological polar surface area (TPSA) is 110 Å². The normalized spacial score (nSPS) is 23.1. The second-order valence-electron chi connectivity index (χ2n) is 5.48. The van der Waals surface area contributed by atoms with E-state index in [4.69, 9.17) is 15.6 Å². The second-order valence-corrected chi connectivity index (χ2v) is 5.48. The number of hydrogen-bond donors (Lipinski definition) is 3. The molecule has 4 N–H and O–H groups in total. The number of aliphatic carboxylic acids is 2. The predicted octanol–water partition coefficient (Wildman–Crippen LogP) is 1.13. The molecule has 1 aromatic carbocycles. The number of ether oxygens (including phenoxy) is 1. The van der Waals surface area contributed by atoms with E-state index >= 15 is 0 Å². The third kappa shape index (κ3) is 3.16. The molecule has 6 nitrogen and oxygen atoms in total. The van der Waals surface area contributed by atoms with Crippen LogP contribution in [-0.2, 0) is 16.0 Å². The summed E-state index contributed by atoms with van der Waals surface area (Å²) in [6.07, 6.45) is 0.989. The number of methoxy groups -OCH3 is 1. The lowest BCUT2D eigenvalue weighted by Crippen LogP contribution is -2.51. The van der Waals surface area contributed by atoms with Crippen LogP contribution < -0.4 is 10.5 Å². The van der Waals surface area contributed by atoms with Crippen molar-refractivity contribution in [3.63, 3.8) is 0 Å². The van der Waals surface area contributed by atoms with Gasteiger partial charge in [-0.15, -0.1) is 0 Å². The van der Waals surface area contributed by atoms with E-state index in [0.717, 1.165) is 5.56 Å². The molecular weight excluding hydrogens is 274 g/mol. The lowest BCUT2D eigenvalue weighted by Gasteiger charge is -2.25. The van der Waals surface area contributed by atoms with E-state index in [1.54, 1.807) is 13.2 Å². The van der Waals surface area contributed by atoms with Gasteiger partial charge in [-0.2, -0.15) is 0 Å². The Morgan fingerprint density at radius 1 is 1.43 bits per heavy atom. The summed E-state index contributed by atoms with van der Waals surface area (Å²) >= 11 is 0. The molecule has 0 radical (unpaired) electrons. The zero-order chi connectivity index (χ0) is 15.6. The summed E-state index contributed by atoms with van der Waals surface area (Å²) in [5, 5.41) is 18.3. The molecule has 1 unspecified atom stereocenters. The average molecular weight is 293 g/mol. The van der Waals surface area contributed by atoms with Crippen LogP contribution in [-0.4, -0.2) is 34.8 Å². The first-order valence-corrected chi connectivity index (χ1v) is 6.76. The summed E-state index contributed by atoms with van der Waals surface area (Å²) in [5.74, 6) is -2.56. The van der Waals surface area contributed by atoms with Crippen LogP contribution in [0.3, 0.4) is 0 Å². The largest absolute Gasteiger partial charge is 0.497 e. The van der Waals surface area contributed by atoms with Gasteiger partial charge < -0.3 is 20.7 Å². The number of hydrogen-bond acceptors (Lipinski definition) is 4. The number of nitrogens with two attached hydrogens (primary N) is 1. The summed E-state index contributed by atoms with van der Waals surface area (Å²) in [6, 6.07) is 7.32. The standard InChI is InChI=1S/C15H19NO5/c1-21-10-4-2-3-9(7-10)5-6-15(16,14(19)20)12-8-11(12)13(17)18/h2-4,7,11-12H,5-6,8,16H2,1H3,(H,17,18)(H,19,20)/t11-,12-,15?/m0/s1. The Hall–Kier alpha value is -2.08. The highest BCUT2D eigenvalue weighted by Crippen LogP contribution is 2.47. The lowest BCUT2D eigenvalue weighted by atomic mass is 9.86. The van der Waals surface area contributed by atoms with Crippen LogP contribution in [0.1, 0.15) is 18.4 Å². The molecule has 2 rings (SSSR count). The van der Waals surface area contributed by atoms with Gasteiger partial charge in [-0.1, -0.05) is 12.1 Å². The highest BCUT2D eigenvalue weighted by atomic mass is 16.5. The van der Waals surface area contributed by atoms with Crippen LogP contribution >= 0.6 is 0 Å². The van der Waals surface area contributed by atoms with Crippen molar-refractivity contribution in [1.29, 1.82) is 0 Å². The fourth-order valence-electron chi connectivity index (χ4n) is 2.67. The summed E-state index contributed by atoms with van der Waals surface area (Å²) < 4.78 is 5.12. The van der Waals surface area contributed by atoms with Gasteiger partial charge in [0.05, 0.1) is 13.0 Å². The first-order valence-electron chi connectivity index (χ1n) is 6.76. The van der Waals surface area contributed by atoms with Crippen molar-refractivity contribution in [2.45, 2.75) is 24.8 Å². The van der Waals surface area contributed by atoms with E-state index in [0.29, 0.717) is 18.6 Å². The molecule has 114 valence electrons. The number of carboxylic acid groups (broad SMARTS) is 2. The van der Waals surface area contributed by atoms with Gasteiger partial charge in [-0.3, -0.25) is 9.59 Å². The van der Waals surface area contributed by atoms with Crippen LogP contribution in [0.5, 0.6) is 5.75 Å². The Balaban J connectivity index is 2.07. The summed E-state index contributed by atoms with van der Waals surface area (Å²) in [4.78, 5) is 22.4. The van der Waals surface area contributed by atoms with Crippen molar-refractivity contribution in [1.82, 2.24) is 0 Å². The van der Waals surface area contributed by atoms with Gasteiger partial charge in [0.25, 0.3) is 0 Å². The fraction of sp³-hybridized carbons (Fsp3) is 0.467. The number of carboxylic acids is 2. The number of rotatable bonds is 7. The van der Waals surface area contributed by atoms with Gasteiger partial charge in [0, 0.05) is 5.92 Å².